The Bertz CT molecular complexity index is 66.6. The normalized spacial score (nSPS) is 12.9. The molecule has 0 aliphatic carbocycles. The zero-order chi connectivity index (χ0) is 7.28. The Hall–Kier alpha value is 0.210. The van der Waals surface area contributed by atoms with Crippen LogP contribution >= 0.6 is 12.4 Å². The molecule has 0 aromatic rings. The van der Waals surface area contributed by atoms with Gasteiger partial charge in [-0.05, 0) is 25.9 Å². The molecule has 0 spiro atoms. The van der Waals surface area contributed by atoms with Crippen molar-refractivity contribution in [2.24, 2.45) is 11.7 Å². The minimum absolute atomic E-state index is 0. The first-order valence-corrected chi connectivity index (χ1v) is 3.58. The lowest BCUT2D eigenvalue weighted by atomic mass is 10.0. The maximum atomic E-state index is 5.76. The summed E-state index contributed by atoms with van der Waals surface area (Å²) in [5, 5.41) is 3.07. The Labute approximate surface area is 70.0 Å². The van der Waals surface area contributed by atoms with Gasteiger partial charge in [-0.2, -0.15) is 0 Å². The molecule has 0 amide bonds. The molecule has 10 heavy (non-hydrogen) atoms. The molecule has 0 saturated heterocycles. The van der Waals surface area contributed by atoms with Gasteiger partial charge >= 0.3 is 0 Å². The maximum Gasteiger partial charge on any atom is 0.00739 e. The molecule has 0 aliphatic heterocycles. The summed E-state index contributed by atoms with van der Waals surface area (Å²) in [5.74, 6) is 0.610. The highest BCUT2D eigenvalue weighted by atomic mass is 35.5. The van der Waals surface area contributed by atoms with Crippen molar-refractivity contribution in [2.45, 2.75) is 26.3 Å². The van der Waals surface area contributed by atoms with Gasteiger partial charge in [-0.3, -0.25) is 0 Å². The topological polar surface area (TPSA) is 38.0 Å². The summed E-state index contributed by atoms with van der Waals surface area (Å²) in [4.78, 5) is 0. The largest absolute Gasteiger partial charge is 0.327 e. The van der Waals surface area contributed by atoms with E-state index in [4.69, 9.17) is 5.73 Å². The lowest BCUT2D eigenvalue weighted by Crippen LogP contribution is -2.29. The van der Waals surface area contributed by atoms with E-state index in [1.54, 1.807) is 0 Å². The highest BCUT2D eigenvalue weighted by Crippen LogP contribution is 2.00. The monoisotopic (exact) mass is 166 g/mol. The molecule has 3 N–H and O–H groups in total. The number of hydrogen-bond acceptors (Lipinski definition) is 2. The lowest BCUT2D eigenvalue weighted by Gasteiger charge is -2.14. The summed E-state index contributed by atoms with van der Waals surface area (Å²) in [6.07, 6.45) is 1.08. The average molecular weight is 167 g/mol. The minimum Gasteiger partial charge on any atom is -0.327 e. The smallest absolute Gasteiger partial charge is 0.00739 e. The van der Waals surface area contributed by atoms with Crippen molar-refractivity contribution in [3.05, 3.63) is 0 Å². The quantitative estimate of drug-likeness (QED) is 0.654. The van der Waals surface area contributed by atoms with Crippen molar-refractivity contribution >= 4 is 12.4 Å². The van der Waals surface area contributed by atoms with Crippen LogP contribution in [-0.2, 0) is 0 Å². The molecular weight excluding hydrogens is 148 g/mol. The average Bonchev–Trinajstić information content (AvgIpc) is 1.82. The van der Waals surface area contributed by atoms with Gasteiger partial charge < -0.3 is 11.1 Å². The van der Waals surface area contributed by atoms with Crippen LogP contribution < -0.4 is 11.1 Å². The Balaban J connectivity index is 0. The van der Waals surface area contributed by atoms with Gasteiger partial charge in [-0.15, -0.1) is 12.4 Å². The minimum atomic E-state index is 0. The second-order valence-electron chi connectivity index (χ2n) is 2.80. The molecule has 1 atom stereocenters. The van der Waals surface area contributed by atoms with E-state index in [-0.39, 0.29) is 12.4 Å². The third kappa shape index (κ3) is 6.33. The molecule has 0 aromatic heterocycles. The summed E-state index contributed by atoms with van der Waals surface area (Å²) in [6, 6.07) is 0.359. The van der Waals surface area contributed by atoms with Gasteiger partial charge in [0.2, 0.25) is 0 Å². The van der Waals surface area contributed by atoms with Crippen molar-refractivity contribution < 1.29 is 0 Å². The van der Waals surface area contributed by atoms with E-state index >= 15 is 0 Å². The van der Waals surface area contributed by atoms with Gasteiger partial charge in [0.1, 0.15) is 0 Å². The number of rotatable bonds is 4. The molecule has 0 aliphatic rings. The van der Waals surface area contributed by atoms with Crippen molar-refractivity contribution in [3.8, 4) is 0 Å². The zero-order valence-corrected chi connectivity index (χ0v) is 7.87. The van der Waals surface area contributed by atoms with E-state index in [0.717, 1.165) is 13.0 Å². The first kappa shape index (κ1) is 12.8. The number of hydrogen-bond donors (Lipinski definition) is 2. The Morgan fingerprint density at radius 3 is 2.20 bits per heavy atom. The molecule has 0 aromatic carbocycles. The van der Waals surface area contributed by atoms with E-state index in [0.29, 0.717) is 12.0 Å². The molecule has 2 nitrogen and oxygen atoms in total. The molecule has 0 radical (unpaired) electrons. The number of nitrogens with one attached hydrogen (secondary N) is 1. The summed E-state index contributed by atoms with van der Waals surface area (Å²) in [5.41, 5.74) is 5.76. The predicted molar refractivity (Wildman–Crippen MR) is 48.6 cm³/mol. The highest BCUT2D eigenvalue weighted by Gasteiger charge is 2.04. The van der Waals surface area contributed by atoms with E-state index < -0.39 is 0 Å². The number of halogens is 1. The first-order chi connectivity index (χ1) is 4.18. The van der Waals surface area contributed by atoms with Crippen molar-refractivity contribution in [3.63, 3.8) is 0 Å². The molecule has 3 heteroatoms. The van der Waals surface area contributed by atoms with Crippen LogP contribution in [-0.4, -0.2) is 19.6 Å². The van der Waals surface area contributed by atoms with Gasteiger partial charge in [-0.25, -0.2) is 0 Å². The van der Waals surface area contributed by atoms with E-state index in [9.17, 15) is 0 Å². The van der Waals surface area contributed by atoms with Crippen LogP contribution in [0.4, 0.5) is 0 Å². The molecule has 0 fully saturated rings. The van der Waals surface area contributed by atoms with Crippen LogP contribution in [0.3, 0.4) is 0 Å². The van der Waals surface area contributed by atoms with Crippen molar-refractivity contribution in [2.75, 3.05) is 13.6 Å². The molecule has 0 heterocycles. The SMILES string of the molecule is CNCCC(N)C(C)C.Cl. The summed E-state index contributed by atoms with van der Waals surface area (Å²) < 4.78 is 0. The van der Waals surface area contributed by atoms with Crippen LogP contribution in [0.5, 0.6) is 0 Å². The third-order valence-corrected chi connectivity index (χ3v) is 1.58. The Morgan fingerprint density at radius 2 is 1.90 bits per heavy atom. The summed E-state index contributed by atoms with van der Waals surface area (Å²) in [7, 11) is 1.95. The highest BCUT2D eigenvalue weighted by molar-refractivity contribution is 5.85. The first-order valence-electron chi connectivity index (χ1n) is 3.58. The van der Waals surface area contributed by atoms with Crippen LogP contribution in [0.25, 0.3) is 0 Å². The third-order valence-electron chi connectivity index (χ3n) is 1.58. The van der Waals surface area contributed by atoms with Gasteiger partial charge in [-0.1, -0.05) is 13.8 Å². The second-order valence-corrected chi connectivity index (χ2v) is 2.80. The Morgan fingerprint density at radius 1 is 1.40 bits per heavy atom. The fourth-order valence-corrected chi connectivity index (χ4v) is 0.644. The second kappa shape index (κ2) is 7.32. The maximum absolute atomic E-state index is 5.76. The van der Waals surface area contributed by atoms with Gasteiger partial charge in [0, 0.05) is 6.04 Å². The van der Waals surface area contributed by atoms with E-state index in [1.165, 1.54) is 0 Å². The molecule has 0 rings (SSSR count). The van der Waals surface area contributed by atoms with Crippen LogP contribution in [0.15, 0.2) is 0 Å². The van der Waals surface area contributed by atoms with Crippen molar-refractivity contribution in [1.82, 2.24) is 5.32 Å². The van der Waals surface area contributed by atoms with Gasteiger partial charge in [0.05, 0.1) is 0 Å². The lowest BCUT2D eigenvalue weighted by molar-refractivity contribution is 0.457. The van der Waals surface area contributed by atoms with E-state index in [2.05, 4.69) is 19.2 Å². The fourth-order valence-electron chi connectivity index (χ4n) is 0.644. The van der Waals surface area contributed by atoms with Gasteiger partial charge in [0.15, 0.2) is 0 Å². The zero-order valence-electron chi connectivity index (χ0n) is 7.05. The molecule has 0 bridgehead atoms. The standard InChI is InChI=1S/C7H18N2.ClH/c1-6(2)7(8)4-5-9-3;/h6-7,9H,4-5,8H2,1-3H3;1H. The molecule has 0 saturated carbocycles. The van der Waals surface area contributed by atoms with Gasteiger partial charge in [0.25, 0.3) is 0 Å². The van der Waals surface area contributed by atoms with E-state index in [1.807, 2.05) is 7.05 Å². The summed E-state index contributed by atoms with van der Waals surface area (Å²) in [6.45, 7) is 5.33. The Kier molecular flexibility index (Phi) is 9.40. The van der Waals surface area contributed by atoms with Crippen molar-refractivity contribution in [1.29, 1.82) is 0 Å². The van der Waals surface area contributed by atoms with Crippen LogP contribution in [0, 0.1) is 5.92 Å². The van der Waals surface area contributed by atoms with Crippen LogP contribution in [0.1, 0.15) is 20.3 Å². The molecular formula is C7H19ClN2. The van der Waals surface area contributed by atoms with Crippen LogP contribution in [0.2, 0.25) is 0 Å². The molecule has 1 unspecified atom stereocenters. The molecule has 64 valence electrons. The fraction of sp³-hybridized carbons (Fsp3) is 1.00. The summed E-state index contributed by atoms with van der Waals surface area (Å²) >= 11 is 0. The predicted octanol–water partition coefficient (Wildman–Crippen LogP) is 1.00. The number of nitrogens with two attached hydrogens (primary N) is 1.